The van der Waals surface area contributed by atoms with Crippen LogP contribution >= 0.6 is 0 Å². The van der Waals surface area contributed by atoms with Crippen molar-refractivity contribution in [3.63, 3.8) is 0 Å². The van der Waals surface area contributed by atoms with Gasteiger partial charge in [-0.3, -0.25) is 9.69 Å². The molecule has 240 valence electrons. The smallest absolute Gasteiger partial charge is 0.220 e. The van der Waals surface area contributed by atoms with Crippen molar-refractivity contribution >= 4 is 17.6 Å². The summed E-state index contributed by atoms with van der Waals surface area (Å²) >= 11 is 0. The average Bonchev–Trinajstić information content (AvgIpc) is 3.01. The van der Waals surface area contributed by atoms with Gasteiger partial charge in [0.05, 0.1) is 43.3 Å². The number of morpholine rings is 1. The first-order chi connectivity index (χ1) is 21.2. The van der Waals surface area contributed by atoms with E-state index in [9.17, 15) is 4.79 Å². The summed E-state index contributed by atoms with van der Waals surface area (Å²) in [5, 5.41) is 3.30. The molecule has 0 radical (unpaired) electrons. The topological polar surface area (TPSA) is 115 Å². The highest BCUT2D eigenvalue weighted by Gasteiger charge is 2.33. The molecule has 2 aromatic rings. The molecule has 10 heteroatoms. The Balaban J connectivity index is 1.26. The number of ether oxygens (including phenoxy) is 3. The summed E-state index contributed by atoms with van der Waals surface area (Å²) in [6.45, 7) is 11.2. The van der Waals surface area contributed by atoms with Gasteiger partial charge in [0, 0.05) is 50.3 Å². The van der Waals surface area contributed by atoms with E-state index in [4.69, 9.17) is 24.9 Å². The Labute approximate surface area is 262 Å². The first-order valence-corrected chi connectivity index (χ1v) is 16.3. The Bertz CT molecular complexity index is 1240. The molecule has 10 nitrogen and oxygen atoms in total. The first kappa shape index (κ1) is 32.2. The monoisotopic (exact) mass is 606 g/mol. The maximum Gasteiger partial charge on any atom is 0.220 e. The Morgan fingerprint density at radius 3 is 2.61 bits per heavy atom. The Hall–Kier alpha value is -3.21. The number of fused-ring (bicyclic) bond motifs is 1. The van der Waals surface area contributed by atoms with Crippen molar-refractivity contribution in [3.8, 4) is 11.6 Å². The quantitative estimate of drug-likeness (QED) is 0.347. The summed E-state index contributed by atoms with van der Waals surface area (Å²) in [5.41, 5.74) is 8.13. The number of aromatic nitrogens is 1. The summed E-state index contributed by atoms with van der Waals surface area (Å²) in [6.07, 6.45) is 8.82. The third kappa shape index (κ3) is 9.39. The minimum atomic E-state index is -0.275. The molecule has 1 aliphatic carbocycles. The lowest BCUT2D eigenvalue weighted by molar-refractivity contribution is -0.123. The van der Waals surface area contributed by atoms with Crippen molar-refractivity contribution in [2.45, 2.75) is 89.9 Å². The van der Waals surface area contributed by atoms with Crippen LogP contribution in [0.2, 0.25) is 0 Å². The van der Waals surface area contributed by atoms with Gasteiger partial charge >= 0.3 is 0 Å². The molecule has 1 aromatic carbocycles. The second-order valence-corrected chi connectivity index (χ2v) is 13.3. The van der Waals surface area contributed by atoms with Gasteiger partial charge in [-0.05, 0) is 58.1 Å². The minimum Gasteiger partial charge on any atom is -0.439 e. The number of benzene rings is 1. The van der Waals surface area contributed by atoms with Crippen LogP contribution in [0.1, 0.15) is 71.3 Å². The highest BCUT2D eigenvalue weighted by Crippen LogP contribution is 2.36. The van der Waals surface area contributed by atoms with Crippen LogP contribution < -0.4 is 15.8 Å². The van der Waals surface area contributed by atoms with Gasteiger partial charge in [-0.25, -0.2) is 9.98 Å². The molecule has 3 heterocycles. The first-order valence-electron chi connectivity index (χ1n) is 16.3. The number of hydrogen-bond acceptors (Lipinski definition) is 9. The van der Waals surface area contributed by atoms with E-state index in [-0.39, 0.29) is 23.6 Å². The van der Waals surface area contributed by atoms with Crippen LogP contribution in [0.3, 0.4) is 0 Å². The summed E-state index contributed by atoms with van der Waals surface area (Å²) in [5.74, 6) is 2.28. The van der Waals surface area contributed by atoms with Gasteiger partial charge in [0.15, 0.2) is 5.96 Å². The van der Waals surface area contributed by atoms with E-state index in [1.165, 1.54) is 19.3 Å². The van der Waals surface area contributed by atoms with Crippen LogP contribution in [0, 0.1) is 5.92 Å². The zero-order valence-electron chi connectivity index (χ0n) is 26.7. The van der Waals surface area contributed by atoms with E-state index in [1.807, 2.05) is 57.2 Å². The second kappa shape index (κ2) is 15.2. The molecule has 1 saturated heterocycles. The number of carbonyl (C=O) groups excluding carboxylic acids is 1. The van der Waals surface area contributed by atoms with Crippen LogP contribution in [-0.4, -0.2) is 83.8 Å². The molecule has 2 fully saturated rings. The summed E-state index contributed by atoms with van der Waals surface area (Å²) in [6, 6.07) is 11.6. The predicted molar refractivity (Wildman–Crippen MR) is 172 cm³/mol. The SMILES string of the molecule is CC(C)(C)OC[C@H](CN1CCOCC1)NC(=O)CC[C@@H](C1CCCCC1)N1Cc2cc(Oc3ccccc3)ncc2N=C1N. The van der Waals surface area contributed by atoms with Crippen molar-refractivity contribution < 1.29 is 19.0 Å². The number of aliphatic imine (C=N–C) groups is 1. The standard InChI is InChI=1S/C34H50N6O4/c1-34(2,3)43-24-27(23-39-16-18-42-19-17-39)37-31(41)15-14-30(25-10-6-4-7-11-25)40-22-26-20-32(36-21-29(26)38-33(40)35)44-28-12-8-5-9-13-28/h5,8-9,12-13,20-21,25,27,30H,4,6-7,10-11,14-19,22-24H2,1-3H3,(H2,35,38)(H,37,41)/t27-,30-/m0/s1. The lowest BCUT2D eigenvalue weighted by atomic mass is 9.81. The van der Waals surface area contributed by atoms with Gasteiger partial charge in [-0.1, -0.05) is 37.5 Å². The normalized spacial score (nSPS) is 19.5. The zero-order valence-corrected chi connectivity index (χ0v) is 26.7. The number of carbonyl (C=O) groups is 1. The van der Waals surface area contributed by atoms with E-state index >= 15 is 0 Å². The van der Waals surface area contributed by atoms with Crippen LogP contribution in [0.25, 0.3) is 0 Å². The van der Waals surface area contributed by atoms with Crippen LogP contribution in [-0.2, 0) is 20.8 Å². The summed E-state index contributed by atoms with van der Waals surface area (Å²) < 4.78 is 17.7. The van der Waals surface area contributed by atoms with Gasteiger partial charge < -0.3 is 30.2 Å². The number of nitrogens with one attached hydrogen (secondary N) is 1. The summed E-state index contributed by atoms with van der Waals surface area (Å²) in [4.78, 5) is 27.2. The number of guanidine groups is 1. The molecular formula is C34H50N6O4. The number of nitrogens with two attached hydrogens (primary N) is 1. The molecule has 0 spiro atoms. The molecule has 1 saturated carbocycles. The maximum absolute atomic E-state index is 13.5. The average molecular weight is 607 g/mol. The zero-order chi connectivity index (χ0) is 30.9. The lowest BCUT2D eigenvalue weighted by Crippen LogP contribution is -2.51. The van der Waals surface area contributed by atoms with Crippen molar-refractivity contribution in [3.05, 3.63) is 48.2 Å². The largest absolute Gasteiger partial charge is 0.439 e. The van der Waals surface area contributed by atoms with Gasteiger partial charge in [0.2, 0.25) is 11.8 Å². The van der Waals surface area contributed by atoms with Crippen LogP contribution in [0.5, 0.6) is 11.6 Å². The second-order valence-electron chi connectivity index (χ2n) is 13.3. The van der Waals surface area contributed by atoms with E-state index in [0.29, 0.717) is 43.8 Å². The van der Waals surface area contributed by atoms with Gasteiger partial charge in [0.1, 0.15) is 5.75 Å². The minimum absolute atomic E-state index is 0.0530. The highest BCUT2D eigenvalue weighted by atomic mass is 16.5. The molecule has 1 aromatic heterocycles. The number of nitrogens with zero attached hydrogens (tertiary/aromatic N) is 4. The van der Waals surface area contributed by atoms with Gasteiger partial charge in [0.25, 0.3) is 0 Å². The molecule has 5 rings (SSSR count). The molecular weight excluding hydrogens is 556 g/mol. The van der Waals surface area contributed by atoms with E-state index in [0.717, 1.165) is 62.7 Å². The number of para-hydroxylation sites is 1. The third-order valence-corrected chi connectivity index (χ3v) is 8.70. The van der Waals surface area contributed by atoms with E-state index in [1.54, 1.807) is 6.20 Å². The van der Waals surface area contributed by atoms with Crippen molar-refractivity contribution in [1.82, 2.24) is 20.1 Å². The fourth-order valence-corrected chi connectivity index (χ4v) is 6.43. The highest BCUT2D eigenvalue weighted by molar-refractivity contribution is 5.84. The number of pyridine rings is 1. The number of hydrogen-bond donors (Lipinski definition) is 2. The van der Waals surface area contributed by atoms with Gasteiger partial charge in [-0.15, -0.1) is 0 Å². The molecule has 3 N–H and O–H groups in total. The van der Waals surface area contributed by atoms with Gasteiger partial charge in [-0.2, -0.15) is 0 Å². The number of rotatable bonds is 12. The molecule has 0 unspecified atom stereocenters. The Morgan fingerprint density at radius 2 is 1.89 bits per heavy atom. The maximum atomic E-state index is 13.5. The molecule has 3 aliphatic rings. The molecule has 1 amide bonds. The summed E-state index contributed by atoms with van der Waals surface area (Å²) in [7, 11) is 0. The van der Waals surface area contributed by atoms with Crippen LogP contribution in [0.4, 0.5) is 5.69 Å². The fraction of sp³-hybridized carbons (Fsp3) is 0.618. The Kier molecular flexibility index (Phi) is 11.1. The van der Waals surface area contributed by atoms with Crippen molar-refractivity contribution in [2.24, 2.45) is 16.6 Å². The molecule has 2 atom stereocenters. The Morgan fingerprint density at radius 1 is 1.14 bits per heavy atom. The predicted octanol–water partition coefficient (Wildman–Crippen LogP) is 5.00. The molecule has 0 bridgehead atoms. The fourth-order valence-electron chi connectivity index (χ4n) is 6.43. The molecule has 2 aliphatic heterocycles. The van der Waals surface area contributed by atoms with Crippen LogP contribution in [0.15, 0.2) is 47.6 Å². The third-order valence-electron chi connectivity index (χ3n) is 8.70. The number of amides is 1. The van der Waals surface area contributed by atoms with E-state index in [2.05, 4.69) is 20.1 Å². The lowest BCUT2D eigenvalue weighted by Gasteiger charge is -2.41. The van der Waals surface area contributed by atoms with Crippen molar-refractivity contribution in [1.29, 1.82) is 0 Å². The molecule has 44 heavy (non-hydrogen) atoms. The van der Waals surface area contributed by atoms with E-state index < -0.39 is 0 Å². The van der Waals surface area contributed by atoms with Crippen molar-refractivity contribution in [2.75, 3.05) is 39.5 Å².